The number of aromatic nitrogens is 2. The molecular formula is C14H18N4O. The fraction of sp³-hybridized carbons (Fsp3) is 0.286. The zero-order valence-electron chi connectivity index (χ0n) is 11.0. The third kappa shape index (κ3) is 3.93. The predicted octanol–water partition coefficient (Wildman–Crippen LogP) is 2.47. The van der Waals surface area contributed by atoms with E-state index in [-0.39, 0.29) is 0 Å². The van der Waals surface area contributed by atoms with E-state index in [9.17, 15) is 0 Å². The van der Waals surface area contributed by atoms with Crippen molar-refractivity contribution in [1.29, 1.82) is 0 Å². The van der Waals surface area contributed by atoms with Crippen molar-refractivity contribution in [1.82, 2.24) is 9.97 Å². The molecule has 0 bridgehead atoms. The lowest BCUT2D eigenvalue weighted by Crippen LogP contribution is -2.01. The van der Waals surface area contributed by atoms with Crippen molar-refractivity contribution in [3.05, 3.63) is 42.2 Å². The molecule has 0 spiro atoms. The Balaban J connectivity index is 2.09. The average molecular weight is 258 g/mol. The highest BCUT2D eigenvalue weighted by molar-refractivity contribution is 5.57. The van der Waals surface area contributed by atoms with Crippen molar-refractivity contribution < 1.29 is 4.74 Å². The highest BCUT2D eigenvalue weighted by Gasteiger charge is 2.01. The molecule has 0 fully saturated rings. The van der Waals surface area contributed by atoms with E-state index in [4.69, 9.17) is 10.5 Å². The van der Waals surface area contributed by atoms with Crippen LogP contribution >= 0.6 is 0 Å². The van der Waals surface area contributed by atoms with E-state index < -0.39 is 0 Å². The molecule has 1 heterocycles. The Morgan fingerprint density at radius 3 is 2.95 bits per heavy atom. The SMILES string of the molecule is CCCOc1cc(Nc2cccc(CN)c2)ncn1. The van der Waals surface area contributed by atoms with Gasteiger partial charge in [0, 0.05) is 18.3 Å². The van der Waals surface area contributed by atoms with Gasteiger partial charge in [-0.15, -0.1) is 0 Å². The monoisotopic (exact) mass is 258 g/mol. The van der Waals surface area contributed by atoms with Gasteiger partial charge in [-0.2, -0.15) is 0 Å². The van der Waals surface area contributed by atoms with Gasteiger partial charge in [-0.05, 0) is 24.1 Å². The summed E-state index contributed by atoms with van der Waals surface area (Å²) in [5.74, 6) is 1.28. The second-order valence-electron chi connectivity index (χ2n) is 4.12. The van der Waals surface area contributed by atoms with Gasteiger partial charge in [-0.25, -0.2) is 9.97 Å². The van der Waals surface area contributed by atoms with E-state index >= 15 is 0 Å². The van der Waals surface area contributed by atoms with E-state index in [1.54, 1.807) is 6.07 Å². The van der Waals surface area contributed by atoms with Gasteiger partial charge in [0.2, 0.25) is 5.88 Å². The summed E-state index contributed by atoms with van der Waals surface area (Å²) in [5, 5.41) is 3.21. The molecule has 1 aromatic carbocycles. The van der Waals surface area contributed by atoms with Gasteiger partial charge in [0.25, 0.3) is 0 Å². The molecule has 5 heteroatoms. The average Bonchev–Trinajstić information content (AvgIpc) is 2.46. The van der Waals surface area contributed by atoms with Crippen LogP contribution < -0.4 is 15.8 Å². The summed E-state index contributed by atoms with van der Waals surface area (Å²) in [6.45, 7) is 3.22. The van der Waals surface area contributed by atoms with Crippen LogP contribution in [0.5, 0.6) is 5.88 Å². The fourth-order valence-corrected chi connectivity index (χ4v) is 1.62. The Hall–Kier alpha value is -2.14. The van der Waals surface area contributed by atoms with Crippen molar-refractivity contribution in [3.63, 3.8) is 0 Å². The molecule has 0 aliphatic heterocycles. The molecule has 0 aliphatic carbocycles. The van der Waals surface area contributed by atoms with Gasteiger partial charge in [0.1, 0.15) is 12.1 Å². The van der Waals surface area contributed by atoms with Crippen molar-refractivity contribution in [2.75, 3.05) is 11.9 Å². The molecule has 2 aromatic rings. The van der Waals surface area contributed by atoms with Crippen LogP contribution in [-0.2, 0) is 6.54 Å². The first kappa shape index (κ1) is 13.3. The Kier molecular flexibility index (Phi) is 4.69. The normalized spacial score (nSPS) is 10.2. The number of ether oxygens (including phenoxy) is 1. The highest BCUT2D eigenvalue weighted by Crippen LogP contribution is 2.18. The minimum Gasteiger partial charge on any atom is -0.478 e. The minimum atomic E-state index is 0.518. The summed E-state index contributed by atoms with van der Waals surface area (Å²) in [7, 11) is 0. The molecular weight excluding hydrogens is 240 g/mol. The van der Waals surface area contributed by atoms with Gasteiger partial charge < -0.3 is 15.8 Å². The Labute approximate surface area is 112 Å². The first-order chi connectivity index (χ1) is 9.31. The molecule has 0 aliphatic rings. The largest absolute Gasteiger partial charge is 0.478 e. The maximum absolute atomic E-state index is 5.62. The zero-order valence-corrected chi connectivity index (χ0v) is 11.0. The fourth-order valence-electron chi connectivity index (χ4n) is 1.62. The molecule has 0 unspecified atom stereocenters. The summed E-state index contributed by atoms with van der Waals surface area (Å²) in [5.41, 5.74) is 7.64. The Morgan fingerprint density at radius 2 is 2.16 bits per heavy atom. The van der Waals surface area contributed by atoms with Crippen molar-refractivity contribution in [3.8, 4) is 5.88 Å². The van der Waals surface area contributed by atoms with Crippen LogP contribution in [0.3, 0.4) is 0 Å². The topological polar surface area (TPSA) is 73.1 Å². The number of hydrogen-bond donors (Lipinski definition) is 2. The van der Waals surface area contributed by atoms with Crippen LogP contribution in [0.4, 0.5) is 11.5 Å². The maximum atomic E-state index is 5.62. The molecule has 5 nitrogen and oxygen atoms in total. The van der Waals surface area contributed by atoms with Crippen LogP contribution in [0, 0.1) is 0 Å². The smallest absolute Gasteiger partial charge is 0.218 e. The third-order valence-corrected chi connectivity index (χ3v) is 2.53. The number of anilines is 2. The van der Waals surface area contributed by atoms with Gasteiger partial charge in [0.15, 0.2) is 0 Å². The molecule has 19 heavy (non-hydrogen) atoms. The zero-order chi connectivity index (χ0) is 13.5. The molecule has 0 saturated carbocycles. The van der Waals surface area contributed by atoms with E-state index in [1.807, 2.05) is 24.3 Å². The van der Waals surface area contributed by atoms with E-state index in [1.165, 1.54) is 6.33 Å². The van der Waals surface area contributed by atoms with Gasteiger partial charge in [-0.1, -0.05) is 19.1 Å². The highest BCUT2D eigenvalue weighted by atomic mass is 16.5. The number of nitrogens with two attached hydrogens (primary N) is 1. The second-order valence-corrected chi connectivity index (χ2v) is 4.12. The van der Waals surface area contributed by atoms with Gasteiger partial charge in [0.05, 0.1) is 6.61 Å². The molecule has 2 rings (SSSR count). The quantitative estimate of drug-likeness (QED) is 0.832. The van der Waals surface area contributed by atoms with Crippen LogP contribution in [-0.4, -0.2) is 16.6 Å². The molecule has 0 saturated heterocycles. The van der Waals surface area contributed by atoms with E-state index in [0.717, 1.165) is 17.7 Å². The summed E-state index contributed by atoms with van der Waals surface area (Å²) in [6, 6.07) is 9.69. The first-order valence-electron chi connectivity index (χ1n) is 6.32. The Morgan fingerprint density at radius 1 is 1.26 bits per heavy atom. The molecule has 0 radical (unpaired) electrons. The minimum absolute atomic E-state index is 0.518. The molecule has 3 N–H and O–H groups in total. The Bertz CT molecular complexity index is 530. The number of hydrogen-bond acceptors (Lipinski definition) is 5. The predicted molar refractivity (Wildman–Crippen MR) is 75.4 cm³/mol. The standard InChI is InChI=1S/C14H18N4O/c1-2-6-19-14-8-13(16-10-17-14)18-12-5-3-4-11(7-12)9-15/h3-5,7-8,10H,2,6,9,15H2,1H3,(H,16,17,18). The van der Waals surface area contributed by atoms with Gasteiger partial charge in [-0.3, -0.25) is 0 Å². The van der Waals surface area contributed by atoms with E-state index in [0.29, 0.717) is 24.8 Å². The number of nitrogens with one attached hydrogen (secondary N) is 1. The maximum Gasteiger partial charge on any atom is 0.218 e. The summed E-state index contributed by atoms with van der Waals surface area (Å²) >= 11 is 0. The molecule has 1 aromatic heterocycles. The lowest BCUT2D eigenvalue weighted by Gasteiger charge is -2.08. The summed E-state index contributed by atoms with van der Waals surface area (Å²) < 4.78 is 5.47. The number of benzene rings is 1. The van der Waals surface area contributed by atoms with Crippen LogP contribution in [0.15, 0.2) is 36.7 Å². The summed E-state index contributed by atoms with van der Waals surface area (Å²) in [4.78, 5) is 8.22. The van der Waals surface area contributed by atoms with E-state index in [2.05, 4.69) is 22.2 Å². The lowest BCUT2D eigenvalue weighted by atomic mass is 10.2. The van der Waals surface area contributed by atoms with Crippen molar-refractivity contribution >= 4 is 11.5 Å². The summed E-state index contributed by atoms with van der Waals surface area (Å²) in [6.07, 6.45) is 2.44. The van der Waals surface area contributed by atoms with Gasteiger partial charge >= 0.3 is 0 Å². The van der Waals surface area contributed by atoms with Crippen molar-refractivity contribution in [2.24, 2.45) is 5.73 Å². The first-order valence-corrected chi connectivity index (χ1v) is 6.32. The number of rotatable bonds is 6. The van der Waals surface area contributed by atoms with Crippen LogP contribution in [0.1, 0.15) is 18.9 Å². The van der Waals surface area contributed by atoms with Crippen molar-refractivity contribution in [2.45, 2.75) is 19.9 Å². The van der Waals surface area contributed by atoms with Crippen LogP contribution in [0.2, 0.25) is 0 Å². The second kappa shape index (κ2) is 6.70. The third-order valence-electron chi connectivity index (χ3n) is 2.53. The lowest BCUT2D eigenvalue weighted by molar-refractivity contribution is 0.305. The molecule has 0 amide bonds. The molecule has 0 atom stereocenters. The number of nitrogens with zero attached hydrogens (tertiary/aromatic N) is 2. The van der Waals surface area contributed by atoms with Crippen LogP contribution in [0.25, 0.3) is 0 Å². The molecule has 100 valence electrons.